The first kappa shape index (κ1) is 14.7. The maximum absolute atomic E-state index is 11.4. The van der Waals surface area contributed by atoms with Gasteiger partial charge in [-0.3, -0.25) is 14.9 Å². The molecule has 1 heterocycles. The second-order valence-electron chi connectivity index (χ2n) is 3.60. The van der Waals surface area contributed by atoms with Gasteiger partial charge in [0.15, 0.2) is 5.03 Å². The Hall–Kier alpha value is -1.41. The molecule has 0 saturated heterocycles. The summed E-state index contributed by atoms with van der Waals surface area (Å²) < 4.78 is 0. The number of nitrogens with one attached hydrogen (secondary N) is 1. The average Bonchev–Trinajstić information content (AvgIpc) is 2.25. The van der Waals surface area contributed by atoms with E-state index in [9.17, 15) is 14.9 Å². The number of thioether (sulfide) groups is 1. The van der Waals surface area contributed by atoms with Crippen molar-refractivity contribution in [2.75, 3.05) is 5.75 Å². The summed E-state index contributed by atoms with van der Waals surface area (Å²) in [6.45, 7) is 3.65. The summed E-state index contributed by atoms with van der Waals surface area (Å²) >= 11 is 6.51. The van der Waals surface area contributed by atoms with Gasteiger partial charge in [0.25, 0.3) is 0 Å². The Kier molecular flexibility index (Phi) is 5.29. The van der Waals surface area contributed by atoms with Crippen LogP contribution in [0.15, 0.2) is 11.2 Å². The predicted molar refractivity (Wildman–Crippen MR) is 67.7 cm³/mol. The lowest BCUT2D eigenvalue weighted by Crippen LogP contribution is -2.31. The van der Waals surface area contributed by atoms with E-state index < -0.39 is 4.92 Å². The summed E-state index contributed by atoms with van der Waals surface area (Å²) in [5.74, 6) is -0.189. The summed E-state index contributed by atoms with van der Waals surface area (Å²) in [6.07, 6.45) is 1.03. The first-order valence-corrected chi connectivity index (χ1v) is 6.35. The van der Waals surface area contributed by atoms with Crippen LogP contribution < -0.4 is 5.32 Å². The lowest BCUT2D eigenvalue weighted by Gasteiger charge is -2.07. The Labute approximate surface area is 112 Å². The fraction of sp³-hybridized carbons (Fsp3) is 0.444. The van der Waals surface area contributed by atoms with Gasteiger partial charge in [-0.15, -0.1) is 0 Å². The third-order valence-corrected chi connectivity index (χ3v) is 2.86. The SMILES string of the molecule is CC(C)NC(=O)CSc1nc(Cl)ncc1[N+](=O)[O-]. The topological polar surface area (TPSA) is 98.0 Å². The van der Waals surface area contributed by atoms with Crippen LogP contribution in [0, 0.1) is 10.1 Å². The van der Waals surface area contributed by atoms with E-state index in [1.165, 1.54) is 0 Å². The second kappa shape index (κ2) is 6.50. The Morgan fingerprint density at radius 1 is 1.67 bits per heavy atom. The van der Waals surface area contributed by atoms with Crippen LogP contribution in [0.2, 0.25) is 5.28 Å². The van der Waals surface area contributed by atoms with Gasteiger partial charge in [-0.1, -0.05) is 11.8 Å². The quantitative estimate of drug-likeness (QED) is 0.291. The molecule has 18 heavy (non-hydrogen) atoms. The van der Waals surface area contributed by atoms with Crippen molar-refractivity contribution in [1.29, 1.82) is 0 Å². The molecule has 0 fully saturated rings. The van der Waals surface area contributed by atoms with Crippen molar-refractivity contribution in [2.24, 2.45) is 0 Å². The van der Waals surface area contributed by atoms with E-state index in [0.717, 1.165) is 18.0 Å². The highest BCUT2D eigenvalue weighted by molar-refractivity contribution is 8.00. The molecule has 0 spiro atoms. The molecule has 0 bridgehead atoms. The minimum atomic E-state index is -0.612. The van der Waals surface area contributed by atoms with Crippen LogP contribution in [-0.2, 0) is 4.79 Å². The van der Waals surface area contributed by atoms with E-state index in [1.54, 1.807) is 0 Å². The number of aromatic nitrogens is 2. The molecule has 1 amide bonds. The fourth-order valence-corrected chi connectivity index (χ4v) is 2.03. The number of nitrogens with zero attached hydrogens (tertiary/aromatic N) is 3. The standard InChI is InChI=1S/C9H11ClN4O3S/c1-5(2)12-7(15)4-18-8-6(14(16)17)3-11-9(10)13-8/h3,5H,4H2,1-2H3,(H,12,15). The monoisotopic (exact) mass is 290 g/mol. The largest absolute Gasteiger partial charge is 0.353 e. The van der Waals surface area contributed by atoms with E-state index in [2.05, 4.69) is 15.3 Å². The zero-order valence-electron chi connectivity index (χ0n) is 9.71. The van der Waals surface area contributed by atoms with Crippen molar-refractivity contribution in [1.82, 2.24) is 15.3 Å². The zero-order chi connectivity index (χ0) is 13.7. The van der Waals surface area contributed by atoms with Crippen molar-refractivity contribution in [3.05, 3.63) is 21.6 Å². The highest BCUT2D eigenvalue weighted by Crippen LogP contribution is 2.26. The molecule has 0 aliphatic rings. The molecule has 7 nitrogen and oxygen atoms in total. The van der Waals surface area contributed by atoms with E-state index >= 15 is 0 Å². The van der Waals surface area contributed by atoms with Gasteiger partial charge in [-0.05, 0) is 25.4 Å². The molecule has 0 unspecified atom stereocenters. The van der Waals surface area contributed by atoms with Crippen LogP contribution in [0.3, 0.4) is 0 Å². The summed E-state index contributed by atoms with van der Waals surface area (Å²) in [4.78, 5) is 28.8. The number of amides is 1. The van der Waals surface area contributed by atoms with E-state index in [4.69, 9.17) is 11.6 Å². The van der Waals surface area contributed by atoms with E-state index in [1.807, 2.05) is 13.8 Å². The van der Waals surface area contributed by atoms with Gasteiger partial charge in [-0.25, -0.2) is 9.97 Å². The normalized spacial score (nSPS) is 10.4. The van der Waals surface area contributed by atoms with Crippen molar-refractivity contribution >= 4 is 35.0 Å². The van der Waals surface area contributed by atoms with Crippen LogP contribution in [-0.4, -0.2) is 32.6 Å². The first-order chi connectivity index (χ1) is 8.40. The van der Waals surface area contributed by atoms with Crippen molar-refractivity contribution in [3.8, 4) is 0 Å². The molecule has 1 aromatic heterocycles. The number of carbonyl (C=O) groups excluding carboxylic acids is 1. The number of halogens is 1. The molecule has 0 radical (unpaired) electrons. The molecule has 0 aromatic carbocycles. The summed E-state index contributed by atoms with van der Waals surface area (Å²) in [5.41, 5.74) is -0.262. The summed E-state index contributed by atoms with van der Waals surface area (Å²) in [6, 6.07) is 0.0158. The van der Waals surface area contributed by atoms with Crippen LogP contribution in [0.1, 0.15) is 13.8 Å². The van der Waals surface area contributed by atoms with Gasteiger partial charge >= 0.3 is 5.69 Å². The molecule has 0 saturated carbocycles. The molecule has 0 aliphatic carbocycles. The lowest BCUT2D eigenvalue weighted by molar-refractivity contribution is -0.388. The Bertz CT molecular complexity index is 469. The van der Waals surface area contributed by atoms with Crippen LogP contribution in [0.4, 0.5) is 5.69 Å². The Balaban J connectivity index is 2.74. The number of hydrogen-bond acceptors (Lipinski definition) is 6. The first-order valence-electron chi connectivity index (χ1n) is 4.99. The molecule has 0 aliphatic heterocycles. The number of rotatable bonds is 5. The minimum Gasteiger partial charge on any atom is -0.353 e. The molecule has 1 N–H and O–H groups in total. The van der Waals surface area contributed by atoms with Gasteiger partial charge in [0, 0.05) is 6.04 Å². The van der Waals surface area contributed by atoms with Crippen LogP contribution in [0.5, 0.6) is 0 Å². The van der Waals surface area contributed by atoms with Crippen molar-refractivity contribution in [3.63, 3.8) is 0 Å². The van der Waals surface area contributed by atoms with Crippen molar-refractivity contribution < 1.29 is 9.72 Å². The number of hydrogen-bond donors (Lipinski definition) is 1. The van der Waals surface area contributed by atoms with Crippen LogP contribution in [0.25, 0.3) is 0 Å². The minimum absolute atomic E-state index is 0.0158. The highest BCUT2D eigenvalue weighted by Gasteiger charge is 2.18. The van der Waals surface area contributed by atoms with Gasteiger partial charge in [-0.2, -0.15) is 0 Å². The molecular formula is C9H11ClN4O3S. The summed E-state index contributed by atoms with van der Waals surface area (Å²) in [5, 5.41) is 13.4. The number of carbonyl (C=O) groups is 1. The molecule has 1 aromatic rings. The zero-order valence-corrected chi connectivity index (χ0v) is 11.3. The predicted octanol–water partition coefficient (Wildman–Crippen LogP) is 1.65. The smallest absolute Gasteiger partial charge is 0.319 e. The van der Waals surface area contributed by atoms with Crippen LogP contribution >= 0.6 is 23.4 Å². The van der Waals surface area contributed by atoms with E-state index in [-0.39, 0.29) is 33.7 Å². The Morgan fingerprint density at radius 2 is 2.33 bits per heavy atom. The maximum Gasteiger partial charge on any atom is 0.319 e. The second-order valence-corrected chi connectivity index (χ2v) is 4.90. The summed E-state index contributed by atoms with van der Waals surface area (Å²) in [7, 11) is 0. The molecule has 0 atom stereocenters. The third kappa shape index (κ3) is 4.46. The molecule has 1 rings (SSSR count). The maximum atomic E-state index is 11.4. The third-order valence-electron chi connectivity index (χ3n) is 1.69. The highest BCUT2D eigenvalue weighted by atomic mass is 35.5. The van der Waals surface area contributed by atoms with Gasteiger partial charge < -0.3 is 5.32 Å². The lowest BCUT2D eigenvalue weighted by atomic mass is 10.4. The van der Waals surface area contributed by atoms with Gasteiger partial charge in [0.1, 0.15) is 6.20 Å². The molecule has 98 valence electrons. The van der Waals surface area contributed by atoms with Crippen molar-refractivity contribution in [2.45, 2.75) is 24.9 Å². The molecule has 9 heteroatoms. The molecular weight excluding hydrogens is 280 g/mol. The average molecular weight is 291 g/mol. The fourth-order valence-electron chi connectivity index (χ4n) is 1.07. The van der Waals surface area contributed by atoms with Gasteiger partial charge in [0.2, 0.25) is 11.2 Å². The van der Waals surface area contributed by atoms with E-state index in [0.29, 0.717) is 0 Å². The number of nitro groups is 1. The van der Waals surface area contributed by atoms with Gasteiger partial charge in [0.05, 0.1) is 10.7 Å². The Morgan fingerprint density at radius 3 is 2.89 bits per heavy atom.